The summed E-state index contributed by atoms with van der Waals surface area (Å²) >= 11 is 5.38. The van der Waals surface area contributed by atoms with E-state index in [2.05, 4.69) is 45.2 Å². The van der Waals surface area contributed by atoms with Crippen LogP contribution in [0.4, 0.5) is 0 Å². The minimum Gasteiger partial charge on any atom is -0.506 e. The monoisotopic (exact) mass is 760 g/mol. The second kappa shape index (κ2) is 12.2. The molecule has 200 valence electrons. The van der Waals surface area contributed by atoms with Gasteiger partial charge in [0.2, 0.25) is 0 Å². The van der Waals surface area contributed by atoms with Crippen LogP contribution in [0.5, 0.6) is 17.2 Å². The number of phenolic OH excluding ortho intramolecular Hbond substituents is 1. The molecule has 0 spiro atoms. The van der Waals surface area contributed by atoms with E-state index in [0.717, 1.165) is 12.0 Å². The molecule has 1 aromatic heterocycles. The number of hydrogen-bond acceptors (Lipinski definition) is 8. The molecule has 4 rings (SSSR count). The molecule has 38 heavy (non-hydrogen) atoms. The molecule has 0 saturated carbocycles. The Labute approximate surface area is 250 Å². The Morgan fingerprint density at radius 2 is 1.87 bits per heavy atom. The van der Waals surface area contributed by atoms with Crippen LogP contribution in [0.3, 0.4) is 0 Å². The quantitative estimate of drug-likeness (QED) is 0.268. The van der Waals surface area contributed by atoms with Gasteiger partial charge in [0.1, 0.15) is 23.3 Å². The van der Waals surface area contributed by atoms with E-state index in [1.807, 2.05) is 19.1 Å². The minimum absolute atomic E-state index is 0.187. The summed E-state index contributed by atoms with van der Waals surface area (Å²) in [4.78, 5) is 32.6. The highest BCUT2D eigenvalue weighted by atomic mass is 127. The van der Waals surface area contributed by atoms with Crippen molar-refractivity contribution in [2.24, 2.45) is 4.99 Å². The van der Waals surface area contributed by atoms with Crippen molar-refractivity contribution >= 4 is 68.6 Å². The first kappa shape index (κ1) is 28.6. The van der Waals surface area contributed by atoms with E-state index in [1.165, 1.54) is 15.9 Å². The lowest BCUT2D eigenvalue weighted by Gasteiger charge is -2.27. The molecular formula is C27H26I2N2O6S. The van der Waals surface area contributed by atoms with Crippen LogP contribution in [-0.2, 0) is 9.53 Å². The maximum absolute atomic E-state index is 14.0. The van der Waals surface area contributed by atoms with Gasteiger partial charge in [0.25, 0.3) is 5.56 Å². The smallest absolute Gasteiger partial charge is 0.338 e. The van der Waals surface area contributed by atoms with E-state index in [1.54, 1.807) is 45.4 Å². The van der Waals surface area contributed by atoms with Crippen LogP contribution in [-0.4, -0.2) is 36.5 Å². The molecule has 0 unspecified atom stereocenters. The molecule has 0 bridgehead atoms. The summed E-state index contributed by atoms with van der Waals surface area (Å²) < 4.78 is 20.0. The summed E-state index contributed by atoms with van der Waals surface area (Å²) in [7, 11) is 3.10. The number of allylic oxidation sites excluding steroid dienone is 1. The Bertz CT molecular complexity index is 1590. The Kier molecular flexibility index (Phi) is 9.19. The average Bonchev–Trinajstić information content (AvgIpc) is 3.20. The van der Waals surface area contributed by atoms with Gasteiger partial charge in [0.05, 0.1) is 43.8 Å². The third-order valence-corrected chi connectivity index (χ3v) is 8.59. The number of phenols is 1. The maximum atomic E-state index is 14.0. The highest BCUT2D eigenvalue weighted by Gasteiger charge is 2.36. The lowest BCUT2D eigenvalue weighted by atomic mass is 9.93. The molecule has 8 nitrogen and oxygen atoms in total. The maximum Gasteiger partial charge on any atom is 0.338 e. The SMILES string of the molecule is CCCC1=C(C(=O)OCC)[C@@H](c2cc(OC)ccc2OC)n2c(s/c(=C\c3cc(I)c(O)c(I)c3)c2=O)=N1. The largest absolute Gasteiger partial charge is 0.506 e. The number of ether oxygens (including phenoxy) is 3. The number of methoxy groups -OCH3 is 2. The first-order valence-electron chi connectivity index (χ1n) is 11.9. The number of fused-ring (bicyclic) bond motifs is 1. The third kappa shape index (κ3) is 5.50. The van der Waals surface area contributed by atoms with Gasteiger partial charge in [-0.05, 0) is 100 Å². The van der Waals surface area contributed by atoms with E-state index in [9.17, 15) is 14.7 Å². The number of rotatable bonds is 8. The van der Waals surface area contributed by atoms with Gasteiger partial charge >= 0.3 is 5.97 Å². The standard InChI is InChI=1S/C27H26I2N2O6S/c1-5-7-19-22(26(34)37-6-2)23(16-13-15(35-3)8-9-20(16)36-4)31-25(33)21(38-27(31)30-19)12-14-10-17(28)24(32)18(29)11-14/h8-13,23,32H,5-7H2,1-4H3/b21-12-/t23-/m1/s1. The third-order valence-electron chi connectivity index (χ3n) is 5.96. The molecule has 11 heteroatoms. The van der Waals surface area contributed by atoms with Gasteiger partial charge in [-0.1, -0.05) is 24.7 Å². The van der Waals surface area contributed by atoms with Crippen LogP contribution in [0.25, 0.3) is 6.08 Å². The number of carbonyl (C=O) groups excluding carboxylic acids is 1. The number of thiazole rings is 1. The molecule has 2 aromatic carbocycles. The van der Waals surface area contributed by atoms with Gasteiger partial charge in [-0.15, -0.1) is 0 Å². The molecule has 0 amide bonds. The van der Waals surface area contributed by atoms with Crippen molar-refractivity contribution in [2.45, 2.75) is 32.7 Å². The lowest BCUT2D eigenvalue weighted by Crippen LogP contribution is -2.40. The summed E-state index contributed by atoms with van der Waals surface area (Å²) in [5, 5.41) is 10.2. The van der Waals surface area contributed by atoms with E-state index in [-0.39, 0.29) is 17.9 Å². The Morgan fingerprint density at radius 1 is 1.16 bits per heavy atom. The van der Waals surface area contributed by atoms with E-state index >= 15 is 0 Å². The van der Waals surface area contributed by atoms with Crippen LogP contribution in [0.2, 0.25) is 0 Å². The molecular weight excluding hydrogens is 734 g/mol. The van der Waals surface area contributed by atoms with Crippen molar-refractivity contribution in [3.63, 3.8) is 0 Å². The van der Waals surface area contributed by atoms with Crippen molar-refractivity contribution < 1.29 is 24.1 Å². The summed E-state index contributed by atoms with van der Waals surface area (Å²) in [5.74, 6) is 0.755. The van der Waals surface area contributed by atoms with Crippen molar-refractivity contribution in [1.29, 1.82) is 0 Å². The van der Waals surface area contributed by atoms with Crippen molar-refractivity contribution in [3.8, 4) is 17.2 Å². The van der Waals surface area contributed by atoms with Crippen LogP contribution in [0.15, 0.2) is 51.4 Å². The Morgan fingerprint density at radius 3 is 2.47 bits per heavy atom. The summed E-state index contributed by atoms with van der Waals surface area (Å²) in [6.07, 6.45) is 3.07. The van der Waals surface area contributed by atoms with Crippen molar-refractivity contribution in [3.05, 3.63) is 79.6 Å². The second-order valence-electron chi connectivity index (χ2n) is 8.35. The fourth-order valence-electron chi connectivity index (χ4n) is 4.29. The molecule has 1 aliphatic rings. The van der Waals surface area contributed by atoms with Gasteiger partial charge in [-0.3, -0.25) is 9.36 Å². The molecule has 1 atom stereocenters. The number of benzene rings is 2. The Hall–Kier alpha value is -2.39. The number of halogens is 2. The zero-order valence-electron chi connectivity index (χ0n) is 21.2. The topological polar surface area (TPSA) is 99.4 Å². The van der Waals surface area contributed by atoms with Gasteiger partial charge < -0.3 is 19.3 Å². The summed E-state index contributed by atoms with van der Waals surface area (Å²) in [6.45, 7) is 3.94. The van der Waals surface area contributed by atoms with Gasteiger partial charge in [0, 0.05) is 5.56 Å². The molecule has 1 aliphatic heterocycles. The van der Waals surface area contributed by atoms with E-state index in [0.29, 0.717) is 51.2 Å². The molecule has 0 radical (unpaired) electrons. The fraction of sp³-hybridized carbons (Fsp3) is 0.296. The summed E-state index contributed by atoms with van der Waals surface area (Å²) in [6, 6.07) is 8.10. The zero-order valence-corrected chi connectivity index (χ0v) is 26.3. The van der Waals surface area contributed by atoms with Gasteiger partial charge in [-0.25, -0.2) is 9.79 Å². The van der Waals surface area contributed by atoms with Crippen molar-refractivity contribution in [2.75, 3.05) is 20.8 Å². The number of aromatic nitrogens is 1. The molecule has 0 fully saturated rings. The normalized spacial score (nSPS) is 15.2. The van der Waals surface area contributed by atoms with Crippen LogP contribution >= 0.6 is 56.5 Å². The number of aromatic hydroxyl groups is 1. The summed E-state index contributed by atoms with van der Waals surface area (Å²) in [5.41, 5.74) is 1.98. The number of carbonyl (C=O) groups is 1. The predicted molar refractivity (Wildman–Crippen MR) is 163 cm³/mol. The van der Waals surface area contributed by atoms with E-state index < -0.39 is 12.0 Å². The first-order chi connectivity index (χ1) is 18.2. The number of esters is 1. The molecule has 1 N–H and O–H groups in total. The molecule has 0 saturated heterocycles. The second-order valence-corrected chi connectivity index (χ2v) is 11.7. The van der Waals surface area contributed by atoms with Crippen molar-refractivity contribution in [1.82, 2.24) is 4.57 Å². The highest BCUT2D eigenvalue weighted by Crippen LogP contribution is 2.38. The van der Waals surface area contributed by atoms with Gasteiger partial charge in [0.15, 0.2) is 4.80 Å². The molecule has 2 heterocycles. The average molecular weight is 760 g/mol. The Balaban J connectivity index is 2.06. The molecule has 0 aliphatic carbocycles. The lowest BCUT2D eigenvalue weighted by molar-refractivity contribution is -0.139. The zero-order chi connectivity index (χ0) is 27.6. The van der Waals surface area contributed by atoms with Crippen LogP contribution < -0.4 is 24.4 Å². The van der Waals surface area contributed by atoms with Crippen LogP contribution in [0, 0.1) is 7.14 Å². The van der Waals surface area contributed by atoms with E-state index in [4.69, 9.17) is 19.2 Å². The number of nitrogens with zero attached hydrogens (tertiary/aromatic N) is 2. The predicted octanol–water partition coefficient (Wildman–Crippen LogP) is 4.51. The van der Waals surface area contributed by atoms with Gasteiger partial charge in [-0.2, -0.15) is 0 Å². The number of hydrogen-bond donors (Lipinski definition) is 1. The first-order valence-corrected chi connectivity index (χ1v) is 14.8. The highest BCUT2D eigenvalue weighted by molar-refractivity contribution is 14.1. The minimum atomic E-state index is -0.820. The van der Waals surface area contributed by atoms with Crippen LogP contribution in [0.1, 0.15) is 43.9 Å². The fourth-order valence-corrected chi connectivity index (χ4v) is 7.12. The molecule has 3 aromatic rings.